The van der Waals surface area contributed by atoms with Crippen LogP contribution in [0, 0.1) is 0 Å². The van der Waals surface area contributed by atoms with E-state index in [-0.39, 0.29) is 0 Å². The van der Waals surface area contributed by atoms with Crippen molar-refractivity contribution >= 4 is 5.97 Å². The molecule has 0 saturated carbocycles. The van der Waals surface area contributed by atoms with Gasteiger partial charge in [0.25, 0.3) is 0 Å². The van der Waals surface area contributed by atoms with E-state index in [0.717, 1.165) is 12.8 Å². The Labute approximate surface area is 151 Å². The first-order valence-electron chi connectivity index (χ1n) is 10.6. The number of carbonyl (C=O) groups is 1. The minimum Gasteiger partial charge on any atom is -0.481 e. The SMILES string of the molecule is CCCCC/C=C\CCCCCCCCCCCCCCC(=O)O. The second kappa shape index (κ2) is 20.3. The van der Waals surface area contributed by atoms with Crippen molar-refractivity contribution in [3.63, 3.8) is 0 Å². The van der Waals surface area contributed by atoms with Gasteiger partial charge in [0.05, 0.1) is 0 Å². The van der Waals surface area contributed by atoms with Crippen LogP contribution in [0.3, 0.4) is 0 Å². The third-order valence-electron chi connectivity index (χ3n) is 4.65. The monoisotopic (exact) mass is 338 g/mol. The minimum absolute atomic E-state index is 0.342. The third kappa shape index (κ3) is 21.2. The van der Waals surface area contributed by atoms with Crippen molar-refractivity contribution in [2.75, 3.05) is 0 Å². The molecule has 0 atom stereocenters. The van der Waals surface area contributed by atoms with Crippen LogP contribution < -0.4 is 0 Å². The Morgan fingerprint density at radius 1 is 0.625 bits per heavy atom. The fraction of sp³-hybridized carbons (Fsp3) is 0.864. The predicted octanol–water partition coefficient (Wildman–Crippen LogP) is 7.67. The highest BCUT2D eigenvalue weighted by Gasteiger charge is 1.97. The van der Waals surface area contributed by atoms with Gasteiger partial charge in [-0.25, -0.2) is 0 Å². The second-order valence-corrected chi connectivity index (χ2v) is 7.14. The van der Waals surface area contributed by atoms with Gasteiger partial charge >= 0.3 is 5.97 Å². The molecule has 0 aromatic heterocycles. The van der Waals surface area contributed by atoms with Crippen molar-refractivity contribution in [1.82, 2.24) is 0 Å². The van der Waals surface area contributed by atoms with Gasteiger partial charge in [0, 0.05) is 6.42 Å². The fourth-order valence-electron chi connectivity index (χ4n) is 3.05. The minimum atomic E-state index is -0.655. The number of hydrogen-bond acceptors (Lipinski definition) is 1. The lowest BCUT2D eigenvalue weighted by Crippen LogP contribution is -1.93. The van der Waals surface area contributed by atoms with E-state index in [1.807, 2.05) is 0 Å². The molecule has 2 nitrogen and oxygen atoms in total. The number of carboxylic acids is 1. The van der Waals surface area contributed by atoms with E-state index in [0.29, 0.717) is 6.42 Å². The second-order valence-electron chi connectivity index (χ2n) is 7.14. The Balaban J connectivity index is 3.04. The first-order chi connectivity index (χ1) is 11.8. The van der Waals surface area contributed by atoms with Crippen molar-refractivity contribution in [1.29, 1.82) is 0 Å². The molecule has 0 amide bonds. The smallest absolute Gasteiger partial charge is 0.303 e. The molecule has 0 aromatic carbocycles. The molecule has 0 heterocycles. The number of aliphatic carboxylic acids is 1. The van der Waals surface area contributed by atoms with Crippen LogP contribution in [0.1, 0.15) is 122 Å². The number of hydrogen-bond donors (Lipinski definition) is 1. The van der Waals surface area contributed by atoms with Gasteiger partial charge in [-0.1, -0.05) is 96.1 Å². The Hall–Kier alpha value is -0.790. The topological polar surface area (TPSA) is 37.3 Å². The van der Waals surface area contributed by atoms with E-state index in [9.17, 15) is 4.79 Å². The average Bonchev–Trinajstić information content (AvgIpc) is 2.56. The predicted molar refractivity (Wildman–Crippen MR) is 106 cm³/mol. The van der Waals surface area contributed by atoms with Gasteiger partial charge < -0.3 is 5.11 Å². The molecule has 0 bridgehead atoms. The molecule has 142 valence electrons. The van der Waals surface area contributed by atoms with E-state index in [1.165, 1.54) is 96.3 Å². The molecule has 0 unspecified atom stereocenters. The van der Waals surface area contributed by atoms with E-state index in [4.69, 9.17) is 5.11 Å². The summed E-state index contributed by atoms with van der Waals surface area (Å²) in [5.74, 6) is -0.655. The zero-order chi connectivity index (χ0) is 17.7. The third-order valence-corrected chi connectivity index (χ3v) is 4.65. The van der Waals surface area contributed by atoms with Crippen LogP contribution in [-0.4, -0.2) is 11.1 Å². The highest BCUT2D eigenvalue weighted by Crippen LogP contribution is 2.13. The summed E-state index contributed by atoms with van der Waals surface area (Å²) < 4.78 is 0. The van der Waals surface area contributed by atoms with E-state index in [2.05, 4.69) is 19.1 Å². The molecule has 0 radical (unpaired) electrons. The van der Waals surface area contributed by atoms with Crippen LogP contribution in [0.25, 0.3) is 0 Å². The molecule has 24 heavy (non-hydrogen) atoms. The maximum absolute atomic E-state index is 10.4. The lowest BCUT2D eigenvalue weighted by atomic mass is 10.0. The van der Waals surface area contributed by atoms with E-state index >= 15 is 0 Å². The van der Waals surface area contributed by atoms with Crippen LogP contribution in [0.5, 0.6) is 0 Å². The summed E-state index contributed by atoms with van der Waals surface area (Å²) in [4.78, 5) is 10.4. The molecule has 0 saturated heterocycles. The molecular formula is C22H42O2. The molecule has 0 fully saturated rings. The van der Waals surface area contributed by atoms with Gasteiger partial charge in [-0.05, 0) is 32.1 Å². The summed E-state index contributed by atoms with van der Waals surface area (Å²) in [5, 5.41) is 8.55. The molecule has 0 aliphatic heterocycles. The number of allylic oxidation sites excluding steroid dienone is 2. The molecule has 1 N–H and O–H groups in total. The summed E-state index contributed by atoms with van der Waals surface area (Å²) in [6, 6.07) is 0. The quantitative estimate of drug-likeness (QED) is 0.194. The van der Waals surface area contributed by atoms with Gasteiger partial charge in [0.1, 0.15) is 0 Å². The Morgan fingerprint density at radius 3 is 1.42 bits per heavy atom. The zero-order valence-corrected chi connectivity index (χ0v) is 16.2. The maximum atomic E-state index is 10.4. The zero-order valence-electron chi connectivity index (χ0n) is 16.2. The normalized spacial score (nSPS) is 11.4. The Kier molecular flexibility index (Phi) is 19.6. The van der Waals surface area contributed by atoms with Crippen LogP contribution in [0.2, 0.25) is 0 Å². The van der Waals surface area contributed by atoms with Crippen molar-refractivity contribution < 1.29 is 9.90 Å². The van der Waals surface area contributed by atoms with Crippen LogP contribution in [-0.2, 0) is 4.79 Å². The lowest BCUT2D eigenvalue weighted by Gasteiger charge is -2.02. The first kappa shape index (κ1) is 23.2. The number of unbranched alkanes of at least 4 members (excludes halogenated alkanes) is 15. The highest BCUT2D eigenvalue weighted by molar-refractivity contribution is 5.66. The van der Waals surface area contributed by atoms with E-state index in [1.54, 1.807) is 0 Å². The first-order valence-corrected chi connectivity index (χ1v) is 10.6. The molecule has 0 aromatic rings. The van der Waals surface area contributed by atoms with Gasteiger partial charge in [0.15, 0.2) is 0 Å². The highest BCUT2D eigenvalue weighted by atomic mass is 16.4. The molecule has 2 heteroatoms. The maximum Gasteiger partial charge on any atom is 0.303 e. The van der Waals surface area contributed by atoms with Gasteiger partial charge in [-0.15, -0.1) is 0 Å². The summed E-state index contributed by atoms with van der Waals surface area (Å²) in [6.07, 6.45) is 27.1. The molecule has 0 aliphatic carbocycles. The molecule has 0 aliphatic rings. The van der Waals surface area contributed by atoms with Crippen molar-refractivity contribution in [2.45, 2.75) is 122 Å². The fourth-order valence-corrected chi connectivity index (χ4v) is 3.05. The van der Waals surface area contributed by atoms with Crippen LogP contribution in [0.4, 0.5) is 0 Å². The molecular weight excluding hydrogens is 296 g/mol. The van der Waals surface area contributed by atoms with Crippen molar-refractivity contribution in [3.05, 3.63) is 12.2 Å². The van der Waals surface area contributed by atoms with Gasteiger partial charge in [0.2, 0.25) is 0 Å². The summed E-state index contributed by atoms with van der Waals surface area (Å²) >= 11 is 0. The average molecular weight is 339 g/mol. The summed E-state index contributed by atoms with van der Waals surface area (Å²) in [5.41, 5.74) is 0. The Bertz CT molecular complexity index is 284. The van der Waals surface area contributed by atoms with Crippen molar-refractivity contribution in [3.8, 4) is 0 Å². The summed E-state index contributed by atoms with van der Waals surface area (Å²) in [6.45, 7) is 2.26. The van der Waals surface area contributed by atoms with E-state index < -0.39 is 5.97 Å². The van der Waals surface area contributed by atoms with Gasteiger partial charge in [-0.2, -0.15) is 0 Å². The number of carboxylic acid groups (broad SMARTS) is 1. The Morgan fingerprint density at radius 2 is 1.00 bits per heavy atom. The standard InChI is InChI=1S/C22H42O2/c1-2-3-4-5-6-7-8-9-10-11-12-13-14-15-16-17-18-19-20-21-22(23)24/h6-7H,2-5,8-21H2,1H3,(H,23,24)/b7-6-. The van der Waals surface area contributed by atoms with Gasteiger partial charge in [-0.3, -0.25) is 4.79 Å². The molecule has 0 rings (SSSR count). The molecule has 0 spiro atoms. The van der Waals surface area contributed by atoms with Crippen molar-refractivity contribution in [2.24, 2.45) is 0 Å². The van der Waals surface area contributed by atoms with Crippen LogP contribution in [0.15, 0.2) is 12.2 Å². The number of rotatable bonds is 19. The lowest BCUT2D eigenvalue weighted by molar-refractivity contribution is -0.137. The van der Waals surface area contributed by atoms with Crippen LogP contribution >= 0.6 is 0 Å². The summed E-state index contributed by atoms with van der Waals surface area (Å²) in [7, 11) is 0. The largest absolute Gasteiger partial charge is 0.481 e.